The van der Waals surface area contributed by atoms with Gasteiger partial charge in [0.25, 0.3) is 0 Å². The SMILES string of the molecule is CC1(/C=N/[S@](=O)C(C)(C)C)CCCC1. The van der Waals surface area contributed by atoms with Crippen molar-refractivity contribution in [3.05, 3.63) is 0 Å². The van der Waals surface area contributed by atoms with E-state index < -0.39 is 11.0 Å². The van der Waals surface area contributed by atoms with Crippen LogP contribution in [-0.2, 0) is 11.0 Å². The van der Waals surface area contributed by atoms with E-state index >= 15 is 0 Å². The Kier molecular flexibility index (Phi) is 3.51. The predicted molar refractivity (Wildman–Crippen MR) is 63.0 cm³/mol. The van der Waals surface area contributed by atoms with Gasteiger partial charge in [0.05, 0.1) is 4.75 Å². The molecular weight excluding hydrogens is 194 g/mol. The van der Waals surface area contributed by atoms with Crippen LogP contribution in [0.2, 0.25) is 0 Å². The second kappa shape index (κ2) is 4.13. The fourth-order valence-corrected chi connectivity index (χ4v) is 2.31. The van der Waals surface area contributed by atoms with Crippen LogP contribution in [-0.4, -0.2) is 15.2 Å². The molecule has 0 bridgehead atoms. The highest BCUT2D eigenvalue weighted by Gasteiger charge is 2.27. The topological polar surface area (TPSA) is 29.4 Å². The van der Waals surface area contributed by atoms with Gasteiger partial charge >= 0.3 is 0 Å². The Morgan fingerprint density at radius 3 is 2.21 bits per heavy atom. The summed E-state index contributed by atoms with van der Waals surface area (Å²) in [7, 11) is -1.09. The van der Waals surface area contributed by atoms with Crippen molar-refractivity contribution in [3.8, 4) is 0 Å². The molecule has 1 rings (SSSR count). The van der Waals surface area contributed by atoms with E-state index in [4.69, 9.17) is 0 Å². The van der Waals surface area contributed by atoms with Crippen molar-refractivity contribution in [1.29, 1.82) is 0 Å². The van der Waals surface area contributed by atoms with E-state index in [2.05, 4.69) is 11.3 Å². The molecule has 0 heterocycles. The highest BCUT2D eigenvalue weighted by Crippen LogP contribution is 2.35. The highest BCUT2D eigenvalue weighted by molar-refractivity contribution is 7.85. The van der Waals surface area contributed by atoms with Gasteiger partial charge in [-0.15, -0.1) is 0 Å². The zero-order valence-electron chi connectivity index (χ0n) is 9.67. The molecule has 1 saturated carbocycles. The number of hydrogen-bond acceptors (Lipinski definition) is 1. The molecule has 82 valence electrons. The van der Waals surface area contributed by atoms with Crippen molar-refractivity contribution in [2.24, 2.45) is 9.81 Å². The van der Waals surface area contributed by atoms with Crippen LogP contribution in [0.3, 0.4) is 0 Å². The van der Waals surface area contributed by atoms with Gasteiger partial charge in [-0.1, -0.05) is 19.8 Å². The van der Waals surface area contributed by atoms with Crippen molar-refractivity contribution in [3.63, 3.8) is 0 Å². The quantitative estimate of drug-likeness (QED) is 0.651. The first kappa shape index (κ1) is 11.9. The first-order valence-corrected chi connectivity index (χ1v) is 6.41. The molecule has 1 aliphatic carbocycles. The maximum atomic E-state index is 11.7. The molecular formula is C11H21NOS. The third-order valence-corrected chi connectivity index (χ3v) is 4.07. The molecule has 0 aromatic rings. The average Bonchev–Trinajstić information content (AvgIpc) is 2.47. The van der Waals surface area contributed by atoms with Crippen molar-refractivity contribution >= 4 is 17.2 Å². The summed E-state index contributed by atoms with van der Waals surface area (Å²) < 4.78 is 15.6. The van der Waals surface area contributed by atoms with Crippen LogP contribution in [0, 0.1) is 5.41 Å². The van der Waals surface area contributed by atoms with Crippen LogP contribution < -0.4 is 0 Å². The van der Waals surface area contributed by atoms with Crippen LogP contribution in [0.15, 0.2) is 4.40 Å². The van der Waals surface area contributed by atoms with Gasteiger partial charge in [0.1, 0.15) is 11.0 Å². The van der Waals surface area contributed by atoms with Gasteiger partial charge in [0.2, 0.25) is 0 Å². The molecule has 1 atom stereocenters. The van der Waals surface area contributed by atoms with Crippen molar-refractivity contribution < 1.29 is 4.21 Å². The third-order valence-electron chi connectivity index (χ3n) is 2.73. The summed E-state index contributed by atoms with van der Waals surface area (Å²) in [6.07, 6.45) is 6.88. The minimum Gasteiger partial charge on any atom is -0.234 e. The summed E-state index contributed by atoms with van der Waals surface area (Å²) in [4.78, 5) is 0. The number of nitrogens with zero attached hydrogens (tertiary/aromatic N) is 1. The molecule has 0 aliphatic heterocycles. The van der Waals surface area contributed by atoms with Crippen LogP contribution in [0.1, 0.15) is 53.4 Å². The molecule has 1 aliphatic rings. The van der Waals surface area contributed by atoms with Crippen molar-refractivity contribution in [1.82, 2.24) is 0 Å². The molecule has 0 radical (unpaired) electrons. The minimum absolute atomic E-state index is 0.209. The van der Waals surface area contributed by atoms with Gasteiger partial charge in [-0.2, -0.15) is 4.40 Å². The fourth-order valence-electron chi connectivity index (χ4n) is 1.64. The minimum atomic E-state index is -1.09. The van der Waals surface area contributed by atoms with E-state index in [1.807, 2.05) is 27.0 Å². The predicted octanol–water partition coefficient (Wildman–Crippen LogP) is 3.10. The lowest BCUT2D eigenvalue weighted by molar-refractivity contribution is 0.500. The van der Waals surface area contributed by atoms with E-state index in [1.54, 1.807) is 0 Å². The van der Waals surface area contributed by atoms with Gasteiger partial charge in [-0.05, 0) is 33.6 Å². The summed E-state index contributed by atoms with van der Waals surface area (Å²) in [5.41, 5.74) is 0.209. The summed E-state index contributed by atoms with van der Waals surface area (Å²) in [5, 5.41) is 0. The van der Waals surface area contributed by atoms with Gasteiger partial charge in [0.15, 0.2) is 0 Å². The summed E-state index contributed by atoms with van der Waals surface area (Å²) >= 11 is 0. The average molecular weight is 215 g/mol. The second-order valence-corrected chi connectivity index (χ2v) is 7.39. The molecule has 0 aromatic heterocycles. The van der Waals surface area contributed by atoms with Gasteiger partial charge in [-0.25, -0.2) is 4.21 Å². The van der Waals surface area contributed by atoms with Crippen LogP contribution >= 0.6 is 0 Å². The molecule has 2 nitrogen and oxygen atoms in total. The Morgan fingerprint density at radius 1 is 1.29 bits per heavy atom. The molecule has 14 heavy (non-hydrogen) atoms. The smallest absolute Gasteiger partial charge is 0.144 e. The zero-order chi connectivity index (χ0) is 10.8. The zero-order valence-corrected chi connectivity index (χ0v) is 10.5. The van der Waals surface area contributed by atoms with Crippen LogP contribution in [0.4, 0.5) is 0 Å². The van der Waals surface area contributed by atoms with E-state index in [-0.39, 0.29) is 10.2 Å². The van der Waals surface area contributed by atoms with Gasteiger partial charge in [0, 0.05) is 11.6 Å². The first-order chi connectivity index (χ1) is 6.33. The summed E-state index contributed by atoms with van der Waals surface area (Å²) in [5.74, 6) is 0. The standard InChI is InChI=1S/C11H21NOS/c1-10(2,3)14(13)12-9-11(4)7-5-6-8-11/h9H,5-8H2,1-4H3/b12-9+/t14-/m1/s1. The van der Waals surface area contributed by atoms with E-state index in [1.165, 1.54) is 25.7 Å². The Labute approximate surface area is 89.8 Å². The Balaban J connectivity index is 2.59. The van der Waals surface area contributed by atoms with E-state index in [0.29, 0.717) is 0 Å². The molecule has 0 saturated heterocycles. The largest absolute Gasteiger partial charge is 0.234 e. The summed E-state index contributed by atoms with van der Waals surface area (Å²) in [6.45, 7) is 8.08. The molecule has 0 unspecified atom stereocenters. The third kappa shape index (κ3) is 3.19. The molecule has 0 aromatic carbocycles. The lowest BCUT2D eigenvalue weighted by Crippen LogP contribution is -2.21. The lowest BCUT2D eigenvalue weighted by Gasteiger charge is -2.18. The highest BCUT2D eigenvalue weighted by atomic mass is 32.2. The van der Waals surface area contributed by atoms with E-state index in [0.717, 1.165) is 0 Å². The molecule has 1 fully saturated rings. The lowest BCUT2D eigenvalue weighted by atomic mass is 9.91. The fraction of sp³-hybridized carbons (Fsp3) is 0.909. The van der Waals surface area contributed by atoms with Crippen molar-refractivity contribution in [2.75, 3.05) is 0 Å². The Bertz CT molecular complexity index is 247. The monoisotopic (exact) mass is 215 g/mol. The van der Waals surface area contributed by atoms with Gasteiger partial charge < -0.3 is 0 Å². The summed E-state index contributed by atoms with van der Waals surface area (Å²) in [6, 6.07) is 0. The second-order valence-electron chi connectivity index (χ2n) is 5.46. The Morgan fingerprint density at radius 2 is 1.79 bits per heavy atom. The van der Waals surface area contributed by atoms with E-state index in [9.17, 15) is 4.21 Å². The number of hydrogen-bond donors (Lipinski definition) is 0. The van der Waals surface area contributed by atoms with Gasteiger partial charge in [-0.3, -0.25) is 0 Å². The normalized spacial score (nSPS) is 24.3. The maximum absolute atomic E-state index is 11.7. The maximum Gasteiger partial charge on any atom is 0.144 e. The first-order valence-electron chi connectivity index (χ1n) is 5.31. The molecule has 3 heteroatoms. The number of rotatable bonds is 2. The molecule has 0 amide bonds. The van der Waals surface area contributed by atoms with Crippen LogP contribution in [0.5, 0.6) is 0 Å². The van der Waals surface area contributed by atoms with Crippen LogP contribution in [0.25, 0.3) is 0 Å². The van der Waals surface area contributed by atoms with Crippen molar-refractivity contribution in [2.45, 2.75) is 58.1 Å². The Hall–Kier alpha value is -0.180. The molecule has 0 spiro atoms. The molecule has 0 N–H and O–H groups in total.